The monoisotopic (exact) mass is 436 g/mol. The molecular formula is C21H23F3N4OS. The van der Waals surface area contributed by atoms with E-state index in [1.54, 1.807) is 23.9 Å². The van der Waals surface area contributed by atoms with E-state index in [4.69, 9.17) is 0 Å². The van der Waals surface area contributed by atoms with Crippen molar-refractivity contribution in [1.29, 1.82) is 0 Å². The van der Waals surface area contributed by atoms with Gasteiger partial charge in [-0.1, -0.05) is 36.4 Å². The lowest BCUT2D eigenvalue weighted by molar-refractivity contribution is -0.127. The third-order valence-electron chi connectivity index (χ3n) is 4.48. The molecule has 0 spiro atoms. The molecule has 0 bridgehead atoms. The summed E-state index contributed by atoms with van der Waals surface area (Å²) < 4.78 is 38.5. The van der Waals surface area contributed by atoms with E-state index < -0.39 is 18.6 Å². The third kappa shape index (κ3) is 6.41. The second-order valence-corrected chi connectivity index (χ2v) is 7.87. The smallest absolute Gasteiger partial charge is 0.355 e. The summed E-state index contributed by atoms with van der Waals surface area (Å²) in [4.78, 5) is 20.0. The number of rotatable bonds is 9. The Morgan fingerprint density at radius 1 is 1.20 bits per heavy atom. The quantitative estimate of drug-likeness (QED) is 0.426. The number of fused-ring (bicyclic) bond motifs is 1. The van der Waals surface area contributed by atoms with E-state index in [1.165, 1.54) is 12.1 Å². The summed E-state index contributed by atoms with van der Waals surface area (Å²) >= 11 is 1.62. The number of hydrogen-bond acceptors (Lipinski definition) is 4. The van der Waals surface area contributed by atoms with Crippen LogP contribution in [0.1, 0.15) is 23.6 Å². The maximum absolute atomic E-state index is 12.8. The molecule has 1 atom stereocenters. The number of alkyl halides is 3. The summed E-state index contributed by atoms with van der Waals surface area (Å²) in [5, 5.41) is 6.02. The highest BCUT2D eigenvalue weighted by Crippen LogP contribution is 2.27. The Labute approximate surface area is 176 Å². The van der Waals surface area contributed by atoms with Crippen molar-refractivity contribution in [1.82, 2.24) is 15.3 Å². The van der Waals surface area contributed by atoms with Gasteiger partial charge in [-0.15, -0.1) is 0 Å². The van der Waals surface area contributed by atoms with Crippen molar-refractivity contribution in [2.24, 2.45) is 0 Å². The maximum atomic E-state index is 12.8. The molecule has 0 saturated carbocycles. The van der Waals surface area contributed by atoms with Crippen LogP contribution in [-0.4, -0.2) is 40.6 Å². The number of benzene rings is 2. The van der Waals surface area contributed by atoms with Gasteiger partial charge in [0.15, 0.2) is 0 Å². The van der Waals surface area contributed by atoms with Gasteiger partial charge in [-0.05, 0) is 29.5 Å². The molecule has 1 heterocycles. The van der Waals surface area contributed by atoms with Gasteiger partial charge in [-0.3, -0.25) is 4.79 Å². The van der Waals surface area contributed by atoms with Gasteiger partial charge in [0.25, 0.3) is 0 Å². The Balaban J connectivity index is 1.83. The second-order valence-electron chi connectivity index (χ2n) is 6.88. The Kier molecular flexibility index (Phi) is 7.25. The Morgan fingerprint density at radius 2 is 2.00 bits per heavy atom. The molecule has 0 fully saturated rings. The number of carbonyl (C=O) groups is 1. The minimum Gasteiger partial charge on any atom is -0.355 e. The lowest BCUT2D eigenvalue weighted by Gasteiger charge is -2.19. The number of H-pyrrole nitrogens is 1. The maximum Gasteiger partial charge on any atom is 0.393 e. The van der Waals surface area contributed by atoms with E-state index in [9.17, 15) is 18.0 Å². The number of anilines is 1. The molecule has 5 nitrogen and oxygen atoms in total. The zero-order chi connectivity index (χ0) is 21.6. The lowest BCUT2D eigenvalue weighted by Crippen LogP contribution is -2.29. The highest BCUT2D eigenvalue weighted by molar-refractivity contribution is 7.98. The molecule has 0 aliphatic carbocycles. The van der Waals surface area contributed by atoms with Crippen molar-refractivity contribution in [3.05, 3.63) is 59.7 Å². The van der Waals surface area contributed by atoms with Crippen molar-refractivity contribution < 1.29 is 18.0 Å². The molecule has 0 saturated heterocycles. The number of nitrogens with one attached hydrogen (secondary N) is 3. The zero-order valence-electron chi connectivity index (χ0n) is 16.4. The average Bonchev–Trinajstić information content (AvgIpc) is 3.09. The number of aromatic amines is 1. The van der Waals surface area contributed by atoms with Crippen LogP contribution in [0.4, 0.5) is 19.1 Å². The first kappa shape index (κ1) is 22.0. The summed E-state index contributed by atoms with van der Waals surface area (Å²) in [6, 6.07) is 13.2. The molecular weight excluding hydrogens is 413 g/mol. The van der Waals surface area contributed by atoms with E-state index in [-0.39, 0.29) is 17.9 Å². The van der Waals surface area contributed by atoms with Crippen LogP contribution in [0.5, 0.6) is 0 Å². The molecule has 1 amide bonds. The molecule has 160 valence electrons. The van der Waals surface area contributed by atoms with E-state index in [2.05, 4.69) is 20.6 Å². The average molecular weight is 437 g/mol. The van der Waals surface area contributed by atoms with Crippen LogP contribution in [0.15, 0.2) is 48.5 Å². The number of hydrogen-bond donors (Lipinski definition) is 3. The standard InChI is InChI=1S/C21H23F3N4OS/c1-30-10-9-25-19(29)12-18(15-6-4-5-14(11-15)13-21(22,23)24)28-20-26-16-7-2-3-8-17(16)27-20/h2-8,11,18H,9-10,12-13H2,1H3,(H,25,29)(H2,26,27,28). The fourth-order valence-corrected chi connectivity index (χ4v) is 3.45. The number of thioether (sulfide) groups is 1. The third-order valence-corrected chi connectivity index (χ3v) is 5.09. The highest BCUT2D eigenvalue weighted by atomic mass is 32.2. The normalized spacial score (nSPS) is 12.7. The number of imidazole rings is 1. The predicted octanol–water partition coefficient (Wildman–Crippen LogP) is 4.69. The largest absolute Gasteiger partial charge is 0.393 e. The van der Waals surface area contributed by atoms with Crippen LogP contribution < -0.4 is 10.6 Å². The van der Waals surface area contributed by atoms with Gasteiger partial charge in [-0.2, -0.15) is 24.9 Å². The van der Waals surface area contributed by atoms with E-state index in [1.807, 2.05) is 30.5 Å². The predicted molar refractivity (Wildman–Crippen MR) is 115 cm³/mol. The van der Waals surface area contributed by atoms with Gasteiger partial charge in [-0.25, -0.2) is 4.98 Å². The molecule has 3 aromatic rings. The van der Waals surface area contributed by atoms with Crippen molar-refractivity contribution in [3.8, 4) is 0 Å². The van der Waals surface area contributed by atoms with Crippen molar-refractivity contribution in [2.45, 2.75) is 25.1 Å². The molecule has 0 radical (unpaired) electrons. The first-order valence-electron chi connectivity index (χ1n) is 9.46. The number of nitrogens with zero attached hydrogens (tertiary/aromatic N) is 1. The topological polar surface area (TPSA) is 69.8 Å². The van der Waals surface area contributed by atoms with Gasteiger partial charge in [0.2, 0.25) is 11.9 Å². The van der Waals surface area contributed by atoms with Crippen LogP contribution in [0.2, 0.25) is 0 Å². The molecule has 2 aromatic carbocycles. The fraction of sp³-hybridized carbons (Fsp3) is 0.333. The first-order chi connectivity index (χ1) is 14.3. The van der Waals surface area contributed by atoms with Crippen LogP contribution >= 0.6 is 11.8 Å². The van der Waals surface area contributed by atoms with E-state index in [0.717, 1.165) is 16.8 Å². The summed E-state index contributed by atoms with van der Waals surface area (Å²) in [6.45, 7) is 0.533. The van der Waals surface area contributed by atoms with Gasteiger partial charge < -0.3 is 15.6 Å². The first-order valence-corrected chi connectivity index (χ1v) is 10.9. The van der Waals surface area contributed by atoms with Gasteiger partial charge in [0.1, 0.15) is 0 Å². The van der Waals surface area contributed by atoms with Crippen LogP contribution in [0.3, 0.4) is 0 Å². The van der Waals surface area contributed by atoms with Crippen LogP contribution in [0, 0.1) is 0 Å². The zero-order valence-corrected chi connectivity index (χ0v) is 17.2. The summed E-state index contributed by atoms with van der Waals surface area (Å²) in [6.07, 6.45) is -3.29. The molecule has 0 aliphatic heterocycles. The molecule has 3 rings (SSSR count). The molecule has 0 aliphatic rings. The SMILES string of the molecule is CSCCNC(=O)CC(Nc1nc2ccccc2[nH]1)c1cccc(CC(F)(F)F)c1. The number of halogens is 3. The van der Waals surface area contributed by atoms with Crippen LogP contribution in [-0.2, 0) is 11.2 Å². The summed E-state index contributed by atoms with van der Waals surface area (Å²) in [5.74, 6) is 1.06. The Hall–Kier alpha value is -2.68. The summed E-state index contributed by atoms with van der Waals surface area (Å²) in [5.41, 5.74) is 2.33. The Morgan fingerprint density at radius 3 is 2.73 bits per heavy atom. The van der Waals surface area contributed by atoms with Crippen molar-refractivity contribution >= 4 is 34.7 Å². The number of carbonyl (C=O) groups excluding carboxylic acids is 1. The minimum atomic E-state index is -4.30. The Bertz CT molecular complexity index is 957. The molecule has 30 heavy (non-hydrogen) atoms. The number of para-hydroxylation sites is 2. The second kappa shape index (κ2) is 9.88. The van der Waals surface area contributed by atoms with Crippen molar-refractivity contribution in [3.63, 3.8) is 0 Å². The molecule has 3 N–H and O–H groups in total. The molecule has 1 aromatic heterocycles. The lowest BCUT2D eigenvalue weighted by atomic mass is 9.99. The molecule has 1 unspecified atom stereocenters. The molecule has 9 heteroatoms. The van der Waals surface area contributed by atoms with E-state index in [0.29, 0.717) is 18.1 Å². The van der Waals surface area contributed by atoms with Gasteiger partial charge >= 0.3 is 6.18 Å². The minimum absolute atomic E-state index is 0.0703. The number of aromatic nitrogens is 2. The number of amides is 1. The van der Waals surface area contributed by atoms with Gasteiger partial charge in [0.05, 0.1) is 29.9 Å². The fourth-order valence-electron chi connectivity index (χ4n) is 3.14. The van der Waals surface area contributed by atoms with E-state index >= 15 is 0 Å². The highest BCUT2D eigenvalue weighted by Gasteiger charge is 2.28. The van der Waals surface area contributed by atoms with Crippen LogP contribution in [0.25, 0.3) is 11.0 Å². The van der Waals surface area contributed by atoms with Gasteiger partial charge in [0, 0.05) is 12.3 Å². The summed E-state index contributed by atoms with van der Waals surface area (Å²) in [7, 11) is 0. The van der Waals surface area contributed by atoms with Crippen molar-refractivity contribution in [2.75, 3.05) is 23.9 Å².